The standard InChI is InChI=1S/C22H28FN3O5/c23-18-8-3-7-16(12-18)20(28)24-21(29)19-9-4-10-26(19)22(30)17(13-25(31)14-27)11-15-5-1-2-6-15/h3,7-8,12,14-15,17,19,31H,1-2,4-6,9-11,13H2,(H,24,28,29)/t17-,19+/m1/s1. The molecule has 0 radical (unpaired) electrons. The second-order valence-electron chi connectivity index (χ2n) is 8.33. The summed E-state index contributed by atoms with van der Waals surface area (Å²) in [7, 11) is 0. The first-order chi connectivity index (χ1) is 14.9. The molecule has 0 spiro atoms. The molecule has 2 fully saturated rings. The molecular weight excluding hydrogens is 405 g/mol. The van der Waals surface area contributed by atoms with E-state index in [0.717, 1.165) is 31.7 Å². The molecule has 9 heteroatoms. The molecule has 1 aromatic rings. The van der Waals surface area contributed by atoms with Crippen molar-refractivity contribution in [3.8, 4) is 0 Å². The molecule has 31 heavy (non-hydrogen) atoms. The minimum atomic E-state index is -0.820. The summed E-state index contributed by atoms with van der Waals surface area (Å²) in [5.74, 6) is -2.51. The lowest BCUT2D eigenvalue weighted by atomic mass is 9.91. The molecule has 2 atom stereocenters. The van der Waals surface area contributed by atoms with Crippen LogP contribution in [0.2, 0.25) is 0 Å². The van der Waals surface area contributed by atoms with Crippen molar-refractivity contribution in [2.75, 3.05) is 13.1 Å². The Morgan fingerprint density at radius 1 is 1.23 bits per heavy atom. The maximum Gasteiger partial charge on any atom is 0.258 e. The predicted molar refractivity (Wildman–Crippen MR) is 108 cm³/mol. The van der Waals surface area contributed by atoms with Crippen molar-refractivity contribution >= 4 is 24.1 Å². The zero-order valence-corrected chi connectivity index (χ0v) is 17.3. The summed E-state index contributed by atoms with van der Waals surface area (Å²) >= 11 is 0. The Bertz CT molecular complexity index is 827. The first kappa shape index (κ1) is 22.9. The number of hydroxylamine groups is 2. The molecule has 0 unspecified atom stereocenters. The van der Waals surface area contributed by atoms with Crippen LogP contribution in [0.25, 0.3) is 0 Å². The summed E-state index contributed by atoms with van der Waals surface area (Å²) in [4.78, 5) is 50.6. The summed E-state index contributed by atoms with van der Waals surface area (Å²) < 4.78 is 13.4. The Balaban J connectivity index is 1.68. The van der Waals surface area contributed by atoms with Gasteiger partial charge in [-0.3, -0.25) is 29.7 Å². The second-order valence-corrected chi connectivity index (χ2v) is 8.33. The molecule has 1 saturated carbocycles. The fourth-order valence-corrected chi connectivity index (χ4v) is 4.61. The summed E-state index contributed by atoms with van der Waals surface area (Å²) in [6, 6.07) is 4.19. The molecule has 1 aromatic carbocycles. The third-order valence-corrected chi connectivity index (χ3v) is 6.13. The highest BCUT2D eigenvalue weighted by Crippen LogP contribution is 2.32. The van der Waals surface area contributed by atoms with Gasteiger partial charge in [0.05, 0.1) is 12.5 Å². The van der Waals surface area contributed by atoms with Crippen LogP contribution in [-0.4, -0.2) is 58.4 Å². The number of hydrogen-bond donors (Lipinski definition) is 2. The number of imide groups is 1. The van der Waals surface area contributed by atoms with Crippen molar-refractivity contribution in [1.82, 2.24) is 15.3 Å². The van der Waals surface area contributed by atoms with Crippen LogP contribution in [-0.2, 0) is 14.4 Å². The minimum absolute atomic E-state index is 0.0187. The van der Waals surface area contributed by atoms with Gasteiger partial charge in [-0.05, 0) is 43.4 Å². The van der Waals surface area contributed by atoms with Crippen LogP contribution in [0.4, 0.5) is 4.39 Å². The van der Waals surface area contributed by atoms with E-state index in [1.54, 1.807) is 0 Å². The first-order valence-corrected chi connectivity index (χ1v) is 10.7. The van der Waals surface area contributed by atoms with E-state index in [1.807, 2.05) is 0 Å². The monoisotopic (exact) mass is 433 g/mol. The van der Waals surface area contributed by atoms with Gasteiger partial charge >= 0.3 is 0 Å². The van der Waals surface area contributed by atoms with Crippen LogP contribution in [0.3, 0.4) is 0 Å². The Morgan fingerprint density at radius 3 is 2.65 bits per heavy atom. The molecule has 3 rings (SSSR count). The van der Waals surface area contributed by atoms with E-state index >= 15 is 0 Å². The average molecular weight is 433 g/mol. The molecule has 1 aliphatic carbocycles. The Labute approximate surface area is 180 Å². The summed E-state index contributed by atoms with van der Waals surface area (Å²) in [5, 5.41) is 12.4. The normalized spacial score (nSPS) is 19.8. The van der Waals surface area contributed by atoms with Gasteiger partial charge in [-0.1, -0.05) is 31.7 Å². The second kappa shape index (κ2) is 10.5. The van der Waals surface area contributed by atoms with E-state index in [2.05, 4.69) is 5.32 Å². The number of carbonyl (C=O) groups is 4. The molecule has 1 aliphatic heterocycles. The van der Waals surface area contributed by atoms with Crippen molar-refractivity contribution in [1.29, 1.82) is 0 Å². The van der Waals surface area contributed by atoms with Crippen LogP contribution in [0.1, 0.15) is 55.3 Å². The number of rotatable bonds is 8. The van der Waals surface area contributed by atoms with Gasteiger partial charge in [0.25, 0.3) is 5.91 Å². The predicted octanol–water partition coefficient (Wildman–Crippen LogP) is 2.12. The first-order valence-electron chi connectivity index (χ1n) is 10.7. The van der Waals surface area contributed by atoms with Crippen LogP contribution in [0.15, 0.2) is 24.3 Å². The largest absolute Gasteiger partial charge is 0.330 e. The molecule has 2 aliphatic rings. The van der Waals surface area contributed by atoms with Crippen molar-refractivity contribution in [3.63, 3.8) is 0 Å². The Kier molecular flexibility index (Phi) is 7.73. The van der Waals surface area contributed by atoms with E-state index in [-0.39, 0.29) is 24.4 Å². The van der Waals surface area contributed by atoms with E-state index in [4.69, 9.17) is 0 Å². The summed E-state index contributed by atoms with van der Waals surface area (Å²) in [6.45, 7) is 0.227. The van der Waals surface area contributed by atoms with Gasteiger partial charge in [0.1, 0.15) is 11.9 Å². The number of benzene rings is 1. The highest BCUT2D eigenvalue weighted by molar-refractivity contribution is 6.06. The third kappa shape index (κ3) is 5.88. The molecule has 4 amide bonds. The number of carbonyl (C=O) groups excluding carboxylic acids is 4. The van der Waals surface area contributed by atoms with Crippen molar-refractivity contribution < 1.29 is 28.8 Å². The Morgan fingerprint density at radius 2 is 1.97 bits per heavy atom. The lowest BCUT2D eigenvalue weighted by Crippen LogP contribution is -2.50. The van der Waals surface area contributed by atoms with E-state index in [1.165, 1.54) is 23.1 Å². The van der Waals surface area contributed by atoms with Crippen molar-refractivity contribution in [2.45, 2.75) is 51.0 Å². The van der Waals surface area contributed by atoms with E-state index in [0.29, 0.717) is 36.8 Å². The zero-order chi connectivity index (χ0) is 22.4. The maximum absolute atomic E-state index is 13.4. The van der Waals surface area contributed by atoms with Crippen molar-refractivity contribution in [3.05, 3.63) is 35.6 Å². The molecule has 2 N–H and O–H groups in total. The fraction of sp³-hybridized carbons (Fsp3) is 0.545. The number of hydrogen-bond acceptors (Lipinski definition) is 5. The minimum Gasteiger partial charge on any atom is -0.330 e. The van der Waals surface area contributed by atoms with Crippen LogP contribution in [0.5, 0.6) is 0 Å². The lowest BCUT2D eigenvalue weighted by molar-refractivity contribution is -0.158. The zero-order valence-electron chi connectivity index (χ0n) is 17.3. The molecule has 0 aromatic heterocycles. The number of amides is 4. The van der Waals surface area contributed by atoms with E-state index in [9.17, 15) is 28.8 Å². The molecule has 1 saturated heterocycles. The maximum atomic E-state index is 13.4. The lowest BCUT2D eigenvalue weighted by Gasteiger charge is -2.30. The molecule has 8 nitrogen and oxygen atoms in total. The number of nitrogens with one attached hydrogen (secondary N) is 1. The SMILES string of the molecule is O=CN(O)C[C@@H](CC1CCCC1)C(=O)N1CCC[C@H]1C(=O)NC(=O)c1cccc(F)c1. The van der Waals surface area contributed by atoms with Crippen LogP contribution < -0.4 is 5.32 Å². The van der Waals surface area contributed by atoms with Crippen LogP contribution in [0, 0.1) is 17.7 Å². The molecular formula is C22H28FN3O5. The van der Waals surface area contributed by atoms with Gasteiger partial charge in [0, 0.05) is 12.1 Å². The summed E-state index contributed by atoms with van der Waals surface area (Å²) in [5.41, 5.74) is 0.0187. The number of halogens is 1. The summed E-state index contributed by atoms with van der Waals surface area (Å²) in [6.07, 6.45) is 6.01. The fourth-order valence-electron chi connectivity index (χ4n) is 4.61. The van der Waals surface area contributed by atoms with Gasteiger partial charge in [-0.25, -0.2) is 9.45 Å². The van der Waals surface area contributed by atoms with Gasteiger partial charge in [0.15, 0.2) is 0 Å². The highest BCUT2D eigenvalue weighted by atomic mass is 19.1. The Hall–Kier alpha value is -2.81. The number of nitrogens with zero attached hydrogens (tertiary/aromatic N) is 2. The molecule has 168 valence electrons. The van der Waals surface area contributed by atoms with Gasteiger partial charge in [0.2, 0.25) is 18.2 Å². The quantitative estimate of drug-likeness (QED) is 0.283. The van der Waals surface area contributed by atoms with E-state index < -0.39 is 29.6 Å². The van der Waals surface area contributed by atoms with Gasteiger partial charge < -0.3 is 4.90 Å². The smallest absolute Gasteiger partial charge is 0.258 e. The van der Waals surface area contributed by atoms with Gasteiger partial charge in [-0.2, -0.15) is 0 Å². The van der Waals surface area contributed by atoms with Crippen LogP contribution >= 0.6 is 0 Å². The van der Waals surface area contributed by atoms with Crippen molar-refractivity contribution in [2.24, 2.45) is 11.8 Å². The highest BCUT2D eigenvalue weighted by Gasteiger charge is 2.39. The number of likely N-dealkylation sites (tertiary alicyclic amines) is 1. The molecule has 0 bridgehead atoms. The van der Waals surface area contributed by atoms with Gasteiger partial charge in [-0.15, -0.1) is 0 Å². The molecule has 1 heterocycles. The average Bonchev–Trinajstić information content (AvgIpc) is 3.44. The third-order valence-electron chi connectivity index (χ3n) is 6.13. The topological polar surface area (TPSA) is 107 Å².